The van der Waals surface area contributed by atoms with Gasteiger partial charge in [0.2, 0.25) is 0 Å². The van der Waals surface area contributed by atoms with Crippen molar-refractivity contribution in [2.24, 2.45) is 0 Å². The fraction of sp³-hybridized carbons (Fsp3) is 0.320. The molecular weight excluding hydrogens is 524 g/mol. The summed E-state index contributed by atoms with van der Waals surface area (Å²) in [6, 6.07) is 11.2. The molecule has 4 rings (SSSR count). The van der Waals surface area contributed by atoms with Gasteiger partial charge in [-0.05, 0) is 66.6 Å². The molecule has 0 spiro atoms. The zero-order chi connectivity index (χ0) is 27.5. The maximum absolute atomic E-state index is 13.3. The summed E-state index contributed by atoms with van der Waals surface area (Å²) in [7, 11) is -4.03. The van der Waals surface area contributed by atoms with Crippen LogP contribution in [-0.2, 0) is 10.0 Å². The summed E-state index contributed by atoms with van der Waals surface area (Å²) < 4.78 is 80.3. The smallest absolute Gasteiger partial charge is 0.355 e. The standard InChI is InChI=1S/C25H26F4N6O2S/c1-17-13-22(32-20-6-4-19(26)5-7-20)18(15-30)14-21(17)23-16-35(12-11-34(23)10-8-25(27,28)29)38(36,37)24-3-2-9-31-33-24/h2-7,9,13-15,23,30,32H,8,10-12,16H2,1H3/t23-/m0/s1. The zero-order valence-electron chi connectivity index (χ0n) is 20.4. The molecule has 0 radical (unpaired) electrons. The minimum atomic E-state index is -4.37. The van der Waals surface area contributed by atoms with Crippen LogP contribution in [0.3, 0.4) is 0 Å². The van der Waals surface area contributed by atoms with Gasteiger partial charge in [-0.15, -0.1) is 5.10 Å². The highest BCUT2D eigenvalue weighted by atomic mass is 32.2. The van der Waals surface area contributed by atoms with Crippen molar-refractivity contribution in [1.29, 1.82) is 5.41 Å². The Balaban J connectivity index is 1.69. The molecule has 0 unspecified atom stereocenters. The first kappa shape index (κ1) is 27.6. The number of sulfonamides is 1. The molecule has 2 aromatic carbocycles. The van der Waals surface area contributed by atoms with E-state index in [1.807, 2.05) is 0 Å². The van der Waals surface area contributed by atoms with Gasteiger partial charge in [-0.2, -0.15) is 22.6 Å². The van der Waals surface area contributed by atoms with Crippen LogP contribution in [0, 0.1) is 18.2 Å². The third kappa shape index (κ3) is 6.34. The lowest BCUT2D eigenvalue weighted by Gasteiger charge is -2.41. The Kier molecular flexibility index (Phi) is 8.09. The highest BCUT2D eigenvalue weighted by Gasteiger charge is 2.38. The van der Waals surface area contributed by atoms with E-state index in [0.717, 1.165) is 6.21 Å². The van der Waals surface area contributed by atoms with Gasteiger partial charge in [-0.25, -0.2) is 12.8 Å². The van der Waals surface area contributed by atoms with E-state index in [4.69, 9.17) is 5.41 Å². The number of hydrogen-bond acceptors (Lipinski definition) is 7. The molecule has 0 aliphatic carbocycles. The topological polar surface area (TPSA) is 102 Å². The Labute approximate surface area is 217 Å². The molecule has 1 aliphatic heterocycles. The van der Waals surface area contributed by atoms with E-state index >= 15 is 0 Å². The number of hydrogen-bond donors (Lipinski definition) is 2. The van der Waals surface area contributed by atoms with Gasteiger partial charge < -0.3 is 10.7 Å². The van der Waals surface area contributed by atoms with Crippen molar-refractivity contribution in [3.05, 3.63) is 77.2 Å². The van der Waals surface area contributed by atoms with Crippen molar-refractivity contribution >= 4 is 27.6 Å². The summed E-state index contributed by atoms with van der Waals surface area (Å²) in [6.45, 7) is 1.45. The Morgan fingerprint density at radius 1 is 1.16 bits per heavy atom. The van der Waals surface area contributed by atoms with Crippen LogP contribution in [0.5, 0.6) is 0 Å². The summed E-state index contributed by atoms with van der Waals surface area (Å²) in [5, 5.41) is 18.2. The van der Waals surface area contributed by atoms with Crippen LogP contribution in [-0.4, -0.2) is 66.4 Å². The average Bonchev–Trinajstić information content (AvgIpc) is 2.89. The molecule has 0 bridgehead atoms. The van der Waals surface area contributed by atoms with E-state index in [9.17, 15) is 26.0 Å². The van der Waals surface area contributed by atoms with Gasteiger partial charge in [0.15, 0.2) is 5.03 Å². The number of alkyl halides is 3. The molecule has 38 heavy (non-hydrogen) atoms. The maximum atomic E-state index is 13.3. The van der Waals surface area contributed by atoms with E-state index in [-0.39, 0.29) is 31.2 Å². The predicted octanol–water partition coefficient (Wildman–Crippen LogP) is 4.67. The molecule has 0 amide bonds. The number of rotatable bonds is 8. The van der Waals surface area contributed by atoms with E-state index in [2.05, 4.69) is 15.5 Å². The molecule has 0 saturated carbocycles. The Morgan fingerprint density at radius 3 is 2.53 bits per heavy atom. The molecule has 3 aromatic rings. The molecule has 1 aliphatic rings. The van der Waals surface area contributed by atoms with Crippen LogP contribution in [0.1, 0.15) is 29.2 Å². The SMILES string of the molecule is Cc1cc(Nc2ccc(F)cc2)c(C=N)cc1[C@@H]1CN(S(=O)(=O)c2cccnn2)CCN1CCC(F)(F)F. The average molecular weight is 551 g/mol. The van der Waals surface area contributed by atoms with Crippen molar-refractivity contribution in [2.75, 3.05) is 31.5 Å². The molecule has 8 nitrogen and oxygen atoms in total. The first-order valence-electron chi connectivity index (χ1n) is 11.7. The monoisotopic (exact) mass is 550 g/mol. The quantitative estimate of drug-likeness (QED) is 0.312. The third-order valence-electron chi connectivity index (χ3n) is 6.36. The highest BCUT2D eigenvalue weighted by molar-refractivity contribution is 7.89. The van der Waals surface area contributed by atoms with Gasteiger partial charge in [0.1, 0.15) is 5.82 Å². The molecule has 1 aromatic heterocycles. The number of anilines is 2. The molecule has 1 atom stereocenters. The van der Waals surface area contributed by atoms with Crippen LogP contribution in [0.2, 0.25) is 0 Å². The van der Waals surface area contributed by atoms with Crippen molar-refractivity contribution in [2.45, 2.75) is 30.6 Å². The molecule has 202 valence electrons. The van der Waals surface area contributed by atoms with Gasteiger partial charge in [0.05, 0.1) is 6.42 Å². The molecule has 1 saturated heterocycles. The van der Waals surface area contributed by atoms with Crippen LogP contribution >= 0.6 is 0 Å². The second kappa shape index (κ2) is 11.1. The van der Waals surface area contributed by atoms with Gasteiger partial charge >= 0.3 is 6.18 Å². The molecule has 2 heterocycles. The Morgan fingerprint density at radius 2 is 1.89 bits per heavy atom. The van der Waals surface area contributed by atoms with Crippen LogP contribution in [0.25, 0.3) is 0 Å². The lowest BCUT2D eigenvalue weighted by molar-refractivity contribution is -0.140. The van der Waals surface area contributed by atoms with Gasteiger partial charge in [-0.3, -0.25) is 4.90 Å². The van der Waals surface area contributed by atoms with Gasteiger partial charge in [0.25, 0.3) is 10.0 Å². The van der Waals surface area contributed by atoms with Crippen LogP contribution in [0.4, 0.5) is 28.9 Å². The van der Waals surface area contributed by atoms with Crippen molar-refractivity contribution in [3.8, 4) is 0 Å². The second-order valence-corrected chi connectivity index (χ2v) is 10.8. The number of nitrogens with zero attached hydrogens (tertiary/aromatic N) is 4. The fourth-order valence-electron chi connectivity index (χ4n) is 4.42. The molecule has 13 heteroatoms. The lowest BCUT2D eigenvalue weighted by Crippen LogP contribution is -2.51. The normalized spacial score (nSPS) is 17.3. The number of aryl methyl sites for hydroxylation is 1. The van der Waals surface area contributed by atoms with E-state index in [1.54, 1.807) is 36.1 Å². The summed E-state index contributed by atoms with van der Waals surface area (Å²) in [6.07, 6.45) is -2.96. The van der Waals surface area contributed by atoms with Crippen molar-refractivity contribution in [1.82, 2.24) is 19.4 Å². The largest absolute Gasteiger partial charge is 0.390 e. The first-order valence-corrected chi connectivity index (χ1v) is 13.2. The summed E-state index contributed by atoms with van der Waals surface area (Å²) in [5.41, 5.74) is 2.89. The second-order valence-electron chi connectivity index (χ2n) is 8.91. The maximum Gasteiger partial charge on any atom is 0.390 e. The summed E-state index contributed by atoms with van der Waals surface area (Å²) in [5.74, 6) is -0.397. The van der Waals surface area contributed by atoms with E-state index < -0.39 is 34.5 Å². The number of aromatic nitrogens is 2. The minimum absolute atomic E-state index is 0.00601. The summed E-state index contributed by atoms with van der Waals surface area (Å²) in [4.78, 5) is 1.62. The van der Waals surface area contributed by atoms with Crippen LogP contribution in [0.15, 0.2) is 59.8 Å². The summed E-state index contributed by atoms with van der Waals surface area (Å²) >= 11 is 0. The minimum Gasteiger partial charge on any atom is -0.355 e. The molecule has 2 N–H and O–H groups in total. The predicted molar refractivity (Wildman–Crippen MR) is 135 cm³/mol. The van der Waals surface area contributed by atoms with Gasteiger partial charge in [-0.1, -0.05) is 0 Å². The number of nitrogens with one attached hydrogen (secondary N) is 2. The van der Waals surface area contributed by atoms with Crippen molar-refractivity contribution in [3.63, 3.8) is 0 Å². The van der Waals surface area contributed by atoms with Gasteiger partial charge in [0, 0.05) is 61.6 Å². The Hall–Kier alpha value is -3.42. The Bertz CT molecular complexity index is 1390. The zero-order valence-corrected chi connectivity index (χ0v) is 21.2. The van der Waals surface area contributed by atoms with Crippen molar-refractivity contribution < 1.29 is 26.0 Å². The van der Waals surface area contributed by atoms with E-state index in [0.29, 0.717) is 28.1 Å². The first-order chi connectivity index (χ1) is 18.0. The number of benzene rings is 2. The van der Waals surface area contributed by atoms with Crippen LogP contribution < -0.4 is 5.32 Å². The third-order valence-corrected chi connectivity index (χ3v) is 8.12. The highest BCUT2D eigenvalue weighted by Crippen LogP contribution is 2.35. The molecular formula is C25H26F4N6O2S. The fourth-order valence-corrected chi connectivity index (χ4v) is 5.75. The number of halogens is 4. The lowest BCUT2D eigenvalue weighted by atomic mass is 9.94. The van der Waals surface area contributed by atoms with E-state index in [1.165, 1.54) is 34.8 Å². The molecule has 1 fully saturated rings. The number of piperazine rings is 1.